The number of pyridine rings is 2. The van der Waals surface area contributed by atoms with Gasteiger partial charge in [0.2, 0.25) is 5.13 Å². The lowest BCUT2D eigenvalue weighted by Crippen LogP contribution is -2.24. The third-order valence-corrected chi connectivity index (χ3v) is 8.00. The highest BCUT2D eigenvalue weighted by Crippen LogP contribution is 2.26. The predicted molar refractivity (Wildman–Crippen MR) is 149 cm³/mol. The van der Waals surface area contributed by atoms with Gasteiger partial charge in [-0.3, -0.25) is 14.3 Å². The molecule has 0 amide bonds. The average Bonchev–Trinajstić information content (AvgIpc) is 3.43. The van der Waals surface area contributed by atoms with Crippen LogP contribution in [0.4, 0.5) is 0 Å². The molecule has 0 saturated heterocycles. The first-order valence-corrected chi connectivity index (χ1v) is 13.0. The predicted octanol–water partition coefficient (Wildman–Crippen LogP) is 5.67. The van der Waals surface area contributed by atoms with Crippen LogP contribution in [0.2, 0.25) is 10.2 Å². The normalized spacial score (nSPS) is 11.5. The fourth-order valence-electron chi connectivity index (χ4n) is 4.50. The molecule has 0 aliphatic heterocycles. The van der Waals surface area contributed by atoms with Crippen LogP contribution in [0.3, 0.4) is 0 Å². The number of nitrogens with zero attached hydrogens (tertiary/aromatic N) is 5. The number of benzene rings is 2. The van der Waals surface area contributed by atoms with Crippen molar-refractivity contribution in [1.29, 1.82) is 0 Å². The fourth-order valence-corrected chi connectivity index (χ4v) is 5.75. The molecule has 37 heavy (non-hydrogen) atoms. The topological polar surface area (TPSA) is 74.7 Å². The van der Waals surface area contributed by atoms with Crippen molar-refractivity contribution >= 4 is 55.7 Å². The van der Waals surface area contributed by atoms with Gasteiger partial charge in [-0.15, -0.1) is 0 Å². The van der Waals surface area contributed by atoms with Crippen molar-refractivity contribution < 1.29 is 0 Å². The number of aromatic nitrogens is 5. The Labute approximate surface area is 224 Å². The van der Waals surface area contributed by atoms with Crippen molar-refractivity contribution in [3.63, 3.8) is 0 Å². The van der Waals surface area contributed by atoms with Crippen LogP contribution in [0.5, 0.6) is 0 Å². The van der Waals surface area contributed by atoms with E-state index in [9.17, 15) is 9.59 Å². The van der Waals surface area contributed by atoms with Crippen LogP contribution in [0.1, 0.15) is 17.0 Å². The molecule has 0 unspecified atom stereocenters. The number of para-hydroxylation sites is 1. The smallest absolute Gasteiger partial charge is 0.283 e. The lowest BCUT2D eigenvalue weighted by molar-refractivity contribution is 0.610. The van der Waals surface area contributed by atoms with Crippen LogP contribution in [0.25, 0.3) is 26.3 Å². The Hall–Kier alpha value is -3.72. The van der Waals surface area contributed by atoms with E-state index in [0.717, 1.165) is 15.8 Å². The fraction of sp³-hybridized carbons (Fsp3) is 0.111. The number of halogens is 2. The van der Waals surface area contributed by atoms with E-state index in [4.69, 9.17) is 28.2 Å². The van der Waals surface area contributed by atoms with Gasteiger partial charge in [0.25, 0.3) is 11.1 Å². The minimum Gasteiger partial charge on any atom is -0.306 e. The quantitative estimate of drug-likeness (QED) is 0.260. The lowest BCUT2D eigenvalue weighted by Gasteiger charge is -2.13. The number of rotatable bonds is 5. The summed E-state index contributed by atoms with van der Waals surface area (Å²) in [5.74, 6) is 0. The van der Waals surface area contributed by atoms with Crippen molar-refractivity contribution in [2.45, 2.75) is 20.0 Å². The molecule has 7 nitrogen and oxygen atoms in total. The molecule has 0 radical (unpaired) electrons. The summed E-state index contributed by atoms with van der Waals surface area (Å²) < 4.78 is 5.92. The molecule has 0 saturated carbocycles. The first-order chi connectivity index (χ1) is 17.9. The molecule has 0 bridgehead atoms. The van der Waals surface area contributed by atoms with Crippen molar-refractivity contribution in [3.05, 3.63) is 121 Å². The second kappa shape index (κ2) is 9.30. The Morgan fingerprint density at radius 3 is 2.41 bits per heavy atom. The molecule has 4 aromatic heterocycles. The van der Waals surface area contributed by atoms with Crippen LogP contribution in [-0.2, 0) is 13.1 Å². The first kappa shape index (κ1) is 23.7. The Morgan fingerprint density at radius 1 is 0.892 bits per heavy atom. The van der Waals surface area contributed by atoms with E-state index in [1.165, 1.54) is 22.0 Å². The molecule has 0 aliphatic carbocycles. The molecule has 0 atom stereocenters. The van der Waals surface area contributed by atoms with E-state index in [2.05, 4.69) is 4.98 Å². The molecule has 10 heteroatoms. The number of thiazole rings is 1. The first-order valence-electron chi connectivity index (χ1n) is 11.5. The van der Waals surface area contributed by atoms with E-state index < -0.39 is 0 Å². The molecular formula is C27H19Cl2N5O2S. The second-order valence-corrected chi connectivity index (χ2v) is 10.4. The van der Waals surface area contributed by atoms with E-state index in [-0.39, 0.29) is 22.8 Å². The Morgan fingerprint density at radius 2 is 1.65 bits per heavy atom. The van der Waals surface area contributed by atoms with Gasteiger partial charge in [-0.2, -0.15) is 4.68 Å². The summed E-state index contributed by atoms with van der Waals surface area (Å²) in [6, 6.07) is 22.4. The highest BCUT2D eigenvalue weighted by molar-refractivity contribution is 7.20. The van der Waals surface area contributed by atoms with Gasteiger partial charge in [-0.1, -0.05) is 77.0 Å². The van der Waals surface area contributed by atoms with Gasteiger partial charge >= 0.3 is 0 Å². The van der Waals surface area contributed by atoms with Crippen LogP contribution in [-0.4, -0.2) is 23.9 Å². The molecule has 0 fully saturated rings. The summed E-state index contributed by atoms with van der Waals surface area (Å²) in [4.78, 5) is 36.4. The van der Waals surface area contributed by atoms with Crippen LogP contribution < -0.4 is 11.1 Å². The third kappa shape index (κ3) is 4.17. The van der Waals surface area contributed by atoms with Crippen LogP contribution in [0.15, 0.2) is 82.4 Å². The van der Waals surface area contributed by atoms with Crippen molar-refractivity contribution in [1.82, 2.24) is 23.9 Å². The van der Waals surface area contributed by atoms with Gasteiger partial charge in [0.05, 0.1) is 44.9 Å². The summed E-state index contributed by atoms with van der Waals surface area (Å²) in [6.45, 7) is 2.33. The minimum atomic E-state index is -0.249. The summed E-state index contributed by atoms with van der Waals surface area (Å²) in [7, 11) is 0. The largest absolute Gasteiger partial charge is 0.306 e. The molecular weight excluding hydrogens is 529 g/mol. The maximum absolute atomic E-state index is 14.0. The number of fused-ring (bicyclic) bond motifs is 2. The maximum Gasteiger partial charge on any atom is 0.283 e. The second-order valence-electron chi connectivity index (χ2n) is 8.61. The van der Waals surface area contributed by atoms with Gasteiger partial charge in [-0.05, 0) is 36.8 Å². The molecule has 0 N–H and O–H groups in total. The summed E-state index contributed by atoms with van der Waals surface area (Å²) >= 11 is 13.5. The van der Waals surface area contributed by atoms with E-state index in [0.29, 0.717) is 39.0 Å². The molecule has 2 aromatic carbocycles. The lowest BCUT2D eigenvalue weighted by atomic mass is 10.2. The van der Waals surface area contributed by atoms with E-state index in [1.54, 1.807) is 23.7 Å². The van der Waals surface area contributed by atoms with Gasteiger partial charge in [0.15, 0.2) is 0 Å². The Balaban J connectivity index is 1.59. The molecule has 4 heterocycles. The van der Waals surface area contributed by atoms with E-state index in [1.807, 2.05) is 59.3 Å². The maximum atomic E-state index is 14.0. The zero-order chi connectivity index (χ0) is 25.7. The van der Waals surface area contributed by atoms with Gasteiger partial charge in [0.1, 0.15) is 5.15 Å². The van der Waals surface area contributed by atoms with Crippen molar-refractivity contribution in [3.8, 4) is 5.13 Å². The van der Waals surface area contributed by atoms with Crippen LogP contribution >= 0.6 is 34.5 Å². The van der Waals surface area contributed by atoms with Gasteiger partial charge in [-0.25, -0.2) is 9.97 Å². The highest BCUT2D eigenvalue weighted by atomic mass is 35.5. The number of hydrogen-bond donors (Lipinski definition) is 0. The molecule has 0 spiro atoms. The van der Waals surface area contributed by atoms with Gasteiger partial charge < -0.3 is 4.57 Å². The minimum absolute atomic E-state index is 0.155. The Bertz CT molecular complexity index is 1890. The zero-order valence-electron chi connectivity index (χ0n) is 19.6. The standard InChI is InChI=1S/C27H19Cl2N5O2S/c1-16-24-21(13-23(35)32(16)15-18-11-12-19(28)25(29)30-18)33(14-17-7-3-2-4-8-17)34(26(24)36)27-31-20-9-5-6-10-22(20)37-27/h2-13H,14-15H2,1H3. The summed E-state index contributed by atoms with van der Waals surface area (Å²) in [5, 5.41) is 1.50. The summed E-state index contributed by atoms with van der Waals surface area (Å²) in [5.41, 5.74) is 2.98. The molecule has 184 valence electrons. The SMILES string of the molecule is Cc1c2c(=O)n(-c3nc4ccccc4s3)n(Cc3ccccc3)c2cc(=O)n1Cc1ccc(Cl)c(Cl)n1. The Kier molecular flexibility index (Phi) is 5.95. The molecule has 0 aliphatic rings. The average molecular weight is 548 g/mol. The van der Waals surface area contributed by atoms with Gasteiger partial charge in [0, 0.05) is 11.8 Å². The highest BCUT2D eigenvalue weighted by Gasteiger charge is 2.22. The monoisotopic (exact) mass is 547 g/mol. The zero-order valence-corrected chi connectivity index (χ0v) is 21.9. The molecule has 6 aromatic rings. The summed E-state index contributed by atoms with van der Waals surface area (Å²) in [6.07, 6.45) is 0. The molecule has 6 rings (SSSR count). The third-order valence-electron chi connectivity index (χ3n) is 6.29. The number of aryl methyl sites for hydroxylation is 1. The van der Waals surface area contributed by atoms with E-state index >= 15 is 0 Å². The van der Waals surface area contributed by atoms with Crippen LogP contribution in [0, 0.1) is 6.92 Å². The number of hydrogen-bond acceptors (Lipinski definition) is 5. The van der Waals surface area contributed by atoms with Crippen molar-refractivity contribution in [2.75, 3.05) is 0 Å². The van der Waals surface area contributed by atoms with Crippen molar-refractivity contribution in [2.24, 2.45) is 0 Å².